The Morgan fingerprint density at radius 2 is 2.09 bits per heavy atom. The van der Waals surface area contributed by atoms with Gasteiger partial charge in [0.2, 0.25) is 0 Å². The molecule has 1 aromatic carbocycles. The van der Waals surface area contributed by atoms with E-state index in [2.05, 4.69) is 15.3 Å². The Bertz CT molecular complexity index is 930. The number of alkyl halides is 1. The number of nitrogens with one attached hydrogen (secondary N) is 1. The minimum absolute atomic E-state index is 0.00928. The number of halogens is 2. The number of carbonyl (C=O) groups is 1. The van der Waals surface area contributed by atoms with E-state index in [1.54, 1.807) is 6.92 Å². The molecule has 7 nitrogen and oxygen atoms in total. The summed E-state index contributed by atoms with van der Waals surface area (Å²) in [6.07, 6.45) is 4.31. The molecule has 1 amide bonds. The van der Waals surface area contributed by atoms with Gasteiger partial charge >= 0.3 is 0 Å². The Morgan fingerprint density at radius 1 is 1.41 bits per heavy atom. The highest BCUT2D eigenvalue weighted by Crippen LogP contribution is 2.34. The van der Waals surface area contributed by atoms with Crippen molar-refractivity contribution in [1.82, 2.24) is 0 Å². The van der Waals surface area contributed by atoms with Crippen molar-refractivity contribution in [2.45, 2.75) is 52.2 Å². The van der Waals surface area contributed by atoms with Crippen LogP contribution in [0.4, 0.5) is 14.5 Å². The number of allylic oxidation sites excluding steroid dienone is 1. The number of hydrogen-bond acceptors (Lipinski definition) is 4. The minimum atomic E-state index is -2.25. The maximum Gasteiger partial charge on any atom is 0.273 e. The van der Waals surface area contributed by atoms with Crippen LogP contribution in [-0.4, -0.2) is 38.6 Å². The zero-order chi connectivity index (χ0) is 23.8. The van der Waals surface area contributed by atoms with Gasteiger partial charge in [-0.2, -0.15) is 0 Å². The average Bonchev–Trinajstić information content (AvgIpc) is 2.67. The van der Waals surface area contributed by atoms with E-state index < -0.39 is 35.0 Å². The molecular weight excluding hydrogens is 438 g/mol. The van der Waals surface area contributed by atoms with Crippen molar-refractivity contribution < 1.29 is 22.3 Å². The van der Waals surface area contributed by atoms with Crippen LogP contribution in [0.15, 0.2) is 40.0 Å². The van der Waals surface area contributed by atoms with E-state index in [-0.39, 0.29) is 28.6 Å². The molecule has 1 aromatic rings. The lowest BCUT2D eigenvalue weighted by atomic mass is 9.76. The Kier molecular flexibility index (Phi) is 9.64. The molecule has 0 aliphatic heterocycles. The Morgan fingerprint density at radius 3 is 2.62 bits per heavy atom. The Balaban J connectivity index is 2.30. The first-order chi connectivity index (χ1) is 15.1. The van der Waals surface area contributed by atoms with Crippen LogP contribution in [0.3, 0.4) is 0 Å². The molecular formula is C22H30F2N4O3S. The van der Waals surface area contributed by atoms with Crippen LogP contribution >= 0.6 is 0 Å². The van der Waals surface area contributed by atoms with Gasteiger partial charge in [-0.1, -0.05) is 19.4 Å². The topological polar surface area (TPSA) is 117 Å². The number of carbonyl (C=O) groups excluding carboxylic acids is 1. The zero-order valence-electron chi connectivity index (χ0n) is 18.4. The van der Waals surface area contributed by atoms with Gasteiger partial charge in [-0.25, -0.2) is 13.0 Å². The summed E-state index contributed by atoms with van der Waals surface area (Å²) in [6, 6.07) is 2.85. The molecule has 1 aliphatic carbocycles. The molecule has 0 heterocycles. The van der Waals surface area contributed by atoms with Crippen molar-refractivity contribution in [2.24, 2.45) is 27.6 Å². The first kappa shape index (κ1) is 25.8. The molecule has 0 radical (unpaired) electrons. The molecule has 0 aromatic heterocycles. The van der Waals surface area contributed by atoms with E-state index in [0.717, 1.165) is 31.5 Å². The lowest BCUT2D eigenvalue weighted by Crippen LogP contribution is -2.32. The summed E-state index contributed by atoms with van der Waals surface area (Å²) in [5.41, 5.74) is 6.42. The van der Waals surface area contributed by atoms with Crippen LogP contribution in [0, 0.1) is 17.7 Å². The third kappa shape index (κ3) is 7.30. The van der Waals surface area contributed by atoms with Crippen molar-refractivity contribution in [2.75, 3.05) is 11.1 Å². The van der Waals surface area contributed by atoms with Crippen LogP contribution in [0.2, 0.25) is 0 Å². The molecule has 0 bridgehead atoms. The average molecular weight is 469 g/mol. The second-order valence-corrected chi connectivity index (χ2v) is 8.83. The van der Waals surface area contributed by atoms with E-state index in [1.165, 1.54) is 25.1 Å². The number of hydrogen-bond donors (Lipinski definition) is 3. The number of amides is 1. The van der Waals surface area contributed by atoms with E-state index in [4.69, 9.17) is 5.73 Å². The lowest BCUT2D eigenvalue weighted by Gasteiger charge is -2.31. The van der Waals surface area contributed by atoms with Crippen molar-refractivity contribution in [1.29, 1.82) is 0 Å². The van der Waals surface area contributed by atoms with Crippen LogP contribution in [0.25, 0.3) is 0 Å². The number of amidine groups is 1. The number of anilines is 1. The van der Waals surface area contributed by atoms with Crippen molar-refractivity contribution in [3.8, 4) is 0 Å². The Hall–Kier alpha value is -2.46. The number of benzene rings is 1. The van der Waals surface area contributed by atoms with Gasteiger partial charge in [-0.3, -0.25) is 14.8 Å². The third-order valence-electron chi connectivity index (χ3n) is 5.47. The van der Waals surface area contributed by atoms with Gasteiger partial charge in [0.25, 0.3) is 5.91 Å². The van der Waals surface area contributed by atoms with Gasteiger partial charge < -0.3 is 15.6 Å². The Labute approximate surface area is 189 Å². The monoisotopic (exact) mass is 468 g/mol. The predicted octanol–water partition coefficient (Wildman–Crippen LogP) is 4.15. The molecule has 1 fully saturated rings. The van der Waals surface area contributed by atoms with Gasteiger partial charge in [0, 0.05) is 23.4 Å². The minimum Gasteiger partial charge on any atom is -0.387 e. The molecule has 10 heteroatoms. The van der Waals surface area contributed by atoms with Crippen LogP contribution in [0.5, 0.6) is 0 Å². The molecule has 176 valence electrons. The smallest absolute Gasteiger partial charge is 0.273 e. The number of rotatable bonds is 10. The zero-order valence-corrected chi connectivity index (χ0v) is 19.2. The van der Waals surface area contributed by atoms with Gasteiger partial charge in [0.1, 0.15) is 17.7 Å². The molecule has 4 atom stereocenters. The number of aliphatic imine (C=N–C) groups is 2. The molecule has 4 N–H and O–H groups in total. The van der Waals surface area contributed by atoms with Crippen LogP contribution in [0.1, 0.15) is 51.6 Å². The summed E-state index contributed by atoms with van der Waals surface area (Å²) in [5, 5.41) is 2.58. The van der Waals surface area contributed by atoms with E-state index >= 15 is 0 Å². The molecule has 0 spiro atoms. The molecule has 32 heavy (non-hydrogen) atoms. The van der Waals surface area contributed by atoms with E-state index in [1.807, 2.05) is 6.92 Å². The van der Waals surface area contributed by atoms with Crippen LogP contribution < -0.4 is 11.1 Å². The van der Waals surface area contributed by atoms with Crippen molar-refractivity contribution >= 4 is 34.7 Å². The van der Waals surface area contributed by atoms with Gasteiger partial charge in [-0.05, 0) is 50.8 Å². The van der Waals surface area contributed by atoms with Gasteiger partial charge in [0.15, 0.2) is 11.1 Å². The summed E-state index contributed by atoms with van der Waals surface area (Å²) in [7, 11) is 0. The molecule has 2 rings (SSSR count). The number of nitrogens with two attached hydrogens (primary N) is 1. The maximum absolute atomic E-state index is 14.6. The largest absolute Gasteiger partial charge is 0.387 e. The molecule has 0 saturated heterocycles. The standard InChI is InChI=1S/C22H30F2N4O3S/c1-4-19(26-11-13(2)23)22(29)27-16-8-9-18(24)17(10-16)20(12-32(30)31)28-21(25)14(3)15-6-5-7-15/h4,8-11,13-15,20H,5-7,12H2,1-3H3,(H2,25,28)(H,27,29)(H,30,31)/b19-4-,26-11?/t13?,14-,20-/m0/s1. The number of nitrogens with zero attached hydrogens (tertiary/aromatic N) is 2. The molecule has 2 unspecified atom stereocenters. The predicted molar refractivity (Wildman–Crippen MR) is 124 cm³/mol. The quantitative estimate of drug-likeness (QED) is 0.207. The summed E-state index contributed by atoms with van der Waals surface area (Å²) < 4.78 is 48.6. The first-order valence-corrected chi connectivity index (χ1v) is 11.8. The second-order valence-electron chi connectivity index (χ2n) is 7.86. The third-order valence-corrected chi connectivity index (χ3v) is 6.07. The van der Waals surface area contributed by atoms with E-state index in [9.17, 15) is 22.3 Å². The maximum atomic E-state index is 14.6. The van der Waals surface area contributed by atoms with Gasteiger partial charge in [-0.15, -0.1) is 0 Å². The van der Waals surface area contributed by atoms with Crippen molar-refractivity contribution in [3.63, 3.8) is 0 Å². The molecule has 1 saturated carbocycles. The highest BCUT2D eigenvalue weighted by Gasteiger charge is 2.28. The fraction of sp³-hybridized carbons (Fsp3) is 0.500. The summed E-state index contributed by atoms with van der Waals surface area (Å²) in [6.45, 7) is 4.81. The first-order valence-electron chi connectivity index (χ1n) is 10.5. The fourth-order valence-electron chi connectivity index (χ4n) is 3.33. The SMILES string of the molecule is C/C=C(\N=CC(C)F)C(=O)Nc1ccc(F)c([C@H](CS(=O)O)N=C(N)[C@@H](C)C2CCC2)c1. The summed E-state index contributed by atoms with van der Waals surface area (Å²) in [5.74, 6) is -0.887. The fourth-order valence-corrected chi connectivity index (χ4v) is 3.85. The van der Waals surface area contributed by atoms with Gasteiger partial charge in [0.05, 0.1) is 17.6 Å². The summed E-state index contributed by atoms with van der Waals surface area (Å²) >= 11 is -2.25. The second kappa shape index (κ2) is 12.0. The molecule has 1 aliphatic rings. The highest BCUT2D eigenvalue weighted by molar-refractivity contribution is 7.79. The van der Waals surface area contributed by atoms with E-state index in [0.29, 0.717) is 11.8 Å². The van der Waals surface area contributed by atoms with Crippen molar-refractivity contribution in [3.05, 3.63) is 41.4 Å². The lowest BCUT2D eigenvalue weighted by molar-refractivity contribution is -0.112. The van der Waals surface area contributed by atoms with Crippen LogP contribution in [-0.2, 0) is 15.9 Å². The summed E-state index contributed by atoms with van der Waals surface area (Å²) in [4.78, 5) is 20.6. The highest BCUT2D eigenvalue weighted by atomic mass is 32.2. The normalized spacial score (nSPS) is 19.3.